The number of carbonyl (C=O) groups excluding carboxylic acids is 1. The van der Waals surface area contributed by atoms with Crippen LogP contribution in [0.4, 0.5) is 0 Å². The van der Waals surface area contributed by atoms with Crippen LogP contribution >= 0.6 is 0 Å². The van der Waals surface area contributed by atoms with E-state index in [9.17, 15) is 14.7 Å². The summed E-state index contributed by atoms with van der Waals surface area (Å²) in [7, 11) is 0. The zero-order valence-electron chi connectivity index (χ0n) is 14.3. The summed E-state index contributed by atoms with van der Waals surface area (Å²) >= 11 is 0. The Morgan fingerprint density at radius 2 is 1.68 bits per heavy atom. The monoisotopic (exact) mass is 312 g/mol. The molecule has 0 aromatic rings. The van der Waals surface area contributed by atoms with Gasteiger partial charge in [-0.05, 0) is 38.0 Å². The molecule has 22 heavy (non-hydrogen) atoms. The molecule has 1 rings (SSSR count). The minimum atomic E-state index is -0.855. The Morgan fingerprint density at radius 1 is 1.09 bits per heavy atom. The molecule has 0 radical (unpaired) electrons. The number of esters is 1. The van der Waals surface area contributed by atoms with Gasteiger partial charge in [0.15, 0.2) is 0 Å². The van der Waals surface area contributed by atoms with E-state index in [4.69, 9.17) is 4.74 Å². The number of carbonyl (C=O) groups is 2. The van der Waals surface area contributed by atoms with Gasteiger partial charge < -0.3 is 9.84 Å². The van der Waals surface area contributed by atoms with Gasteiger partial charge in [0.2, 0.25) is 0 Å². The maximum absolute atomic E-state index is 12.3. The topological polar surface area (TPSA) is 63.6 Å². The summed E-state index contributed by atoms with van der Waals surface area (Å²) in [6.07, 6.45) is 8.13. The molecular weight excluding hydrogens is 280 g/mol. The van der Waals surface area contributed by atoms with E-state index < -0.39 is 17.8 Å². The van der Waals surface area contributed by atoms with Gasteiger partial charge in [-0.2, -0.15) is 0 Å². The third-order valence-electron chi connectivity index (χ3n) is 4.68. The van der Waals surface area contributed by atoms with Gasteiger partial charge >= 0.3 is 11.9 Å². The molecule has 0 bridgehead atoms. The largest absolute Gasteiger partial charge is 0.481 e. The number of hydrogen-bond donors (Lipinski definition) is 1. The van der Waals surface area contributed by atoms with Crippen LogP contribution in [-0.2, 0) is 14.3 Å². The van der Waals surface area contributed by atoms with E-state index in [0.717, 1.165) is 38.5 Å². The number of rotatable bonds is 9. The lowest BCUT2D eigenvalue weighted by molar-refractivity contribution is -0.164. The van der Waals surface area contributed by atoms with Crippen LogP contribution in [0.5, 0.6) is 0 Å². The van der Waals surface area contributed by atoms with Gasteiger partial charge in [0, 0.05) is 0 Å². The maximum Gasteiger partial charge on any atom is 0.310 e. The molecule has 0 amide bonds. The summed E-state index contributed by atoms with van der Waals surface area (Å²) in [6.45, 7) is 6.45. The molecule has 4 heteroatoms. The van der Waals surface area contributed by atoms with Crippen LogP contribution in [0.3, 0.4) is 0 Å². The van der Waals surface area contributed by atoms with Crippen molar-refractivity contribution in [1.29, 1.82) is 0 Å². The summed E-state index contributed by atoms with van der Waals surface area (Å²) in [5.74, 6) is -1.44. The molecule has 3 atom stereocenters. The summed E-state index contributed by atoms with van der Waals surface area (Å²) < 4.78 is 5.62. The first-order chi connectivity index (χ1) is 10.5. The molecule has 0 aliphatic heterocycles. The fraction of sp³-hybridized carbons (Fsp3) is 0.889. The number of unbranched alkanes of at least 4 members (excludes halogenated alkanes) is 1. The van der Waals surface area contributed by atoms with Gasteiger partial charge in [0.05, 0.1) is 11.8 Å². The van der Waals surface area contributed by atoms with E-state index in [1.54, 1.807) is 0 Å². The minimum Gasteiger partial charge on any atom is -0.481 e. The lowest BCUT2D eigenvalue weighted by atomic mass is 9.79. The predicted molar refractivity (Wildman–Crippen MR) is 86.6 cm³/mol. The normalized spacial score (nSPS) is 23.3. The van der Waals surface area contributed by atoms with Gasteiger partial charge in [0.1, 0.15) is 6.10 Å². The van der Waals surface area contributed by atoms with Crippen LogP contribution in [0.25, 0.3) is 0 Å². The fourth-order valence-corrected chi connectivity index (χ4v) is 3.23. The molecule has 0 spiro atoms. The quantitative estimate of drug-likeness (QED) is 0.506. The summed E-state index contributed by atoms with van der Waals surface area (Å²) in [5, 5.41) is 9.27. The van der Waals surface area contributed by atoms with Gasteiger partial charge in [0.25, 0.3) is 0 Å². The number of hydrogen-bond acceptors (Lipinski definition) is 3. The molecular formula is C18H32O4. The van der Waals surface area contributed by atoms with Gasteiger partial charge in [-0.1, -0.05) is 46.5 Å². The van der Waals surface area contributed by atoms with Crippen molar-refractivity contribution >= 4 is 11.9 Å². The molecule has 3 unspecified atom stereocenters. The second-order valence-corrected chi connectivity index (χ2v) is 6.98. The zero-order valence-corrected chi connectivity index (χ0v) is 14.3. The standard InChI is InChI=1S/C18H32O4/c1-4-14(10-6-5-9-13(2)3)22-18(21)16-12-8-7-11-15(16)17(19)20/h13-16H,4-12H2,1-3H3,(H,19,20). The van der Waals surface area contributed by atoms with E-state index in [1.165, 1.54) is 6.42 Å². The highest BCUT2D eigenvalue weighted by Crippen LogP contribution is 2.32. The highest BCUT2D eigenvalue weighted by molar-refractivity contribution is 5.81. The number of carboxylic acid groups (broad SMARTS) is 1. The lowest BCUT2D eigenvalue weighted by Gasteiger charge is -2.28. The SMILES string of the molecule is CCC(CCCCC(C)C)OC(=O)C1CCCCC1C(=O)O. The highest BCUT2D eigenvalue weighted by atomic mass is 16.5. The van der Waals surface area contributed by atoms with E-state index in [2.05, 4.69) is 13.8 Å². The van der Waals surface area contributed by atoms with Crippen molar-refractivity contribution in [3.63, 3.8) is 0 Å². The van der Waals surface area contributed by atoms with Crippen molar-refractivity contribution < 1.29 is 19.4 Å². The maximum atomic E-state index is 12.3. The van der Waals surface area contributed by atoms with E-state index >= 15 is 0 Å². The molecule has 1 fully saturated rings. The Labute approximate surface area is 134 Å². The molecule has 0 aromatic carbocycles. The second kappa shape index (κ2) is 9.86. The van der Waals surface area contributed by atoms with Crippen molar-refractivity contribution in [2.45, 2.75) is 84.7 Å². The Kier molecular flexibility index (Phi) is 8.51. The van der Waals surface area contributed by atoms with Crippen molar-refractivity contribution in [2.24, 2.45) is 17.8 Å². The first-order valence-electron chi connectivity index (χ1n) is 8.89. The van der Waals surface area contributed by atoms with Crippen LogP contribution in [0.15, 0.2) is 0 Å². The molecule has 4 nitrogen and oxygen atoms in total. The number of carboxylic acids is 1. The Balaban J connectivity index is 2.44. The average Bonchev–Trinajstić information content (AvgIpc) is 2.49. The predicted octanol–water partition coefficient (Wildman–Crippen LogP) is 4.42. The van der Waals surface area contributed by atoms with Crippen LogP contribution < -0.4 is 0 Å². The number of aliphatic carboxylic acids is 1. The molecule has 1 saturated carbocycles. The van der Waals surface area contributed by atoms with E-state index in [-0.39, 0.29) is 12.1 Å². The third-order valence-corrected chi connectivity index (χ3v) is 4.68. The molecule has 1 N–H and O–H groups in total. The van der Waals surface area contributed by atoms with Crippen LogP contribution in [0.1, 0.15) is 78.6 Å². The average molecular weight is 312 g/mol. The van der Waals surface area contributed by atoms with E-state index in [1.807, 2.05) is 6.92 Å². The van der Waals surface area contributed by atoms with Crippen molar-refractivity contribution in [2.75, 3.05) is 0 Å². The fourth-order valence-electron chi connectivity index (χ4n) is 3.23. The molecule has 0 saturated heterocycles. The van der Waals surface area contributed by atoms with Crippen LogP contribution in [0.2, 0.25) is 0 Å². The summed E-state index contributed by atoms with van der Waals surface area (Å²) in [5.41, 5.74) is 0. The Morgan fingerprint density at radius 3 is 2.23 bits per heavy atom. The van der Waals surface area contributed by atoms with Crippen molar-refractivity contribution in [1.82, 2.24) is 0 Å². The summed E-state index contributed by atoms with van der Waals surface area (Å²) in [4.78, 5) is 23.6. The minimum absolute atomic E-state index is 0.0592. The Bertz CT molecular complexity index is 351. The molecule has 128 valence electrons. The van der Waals surface area contributed by atoms with Gasteiger partial charge in [-0.25, -0.2) is 0 Å². The lowest BCUT2D eigenvalue weighted by Crippen LogP contribution is -2.35. The number of ether oxygens (including phenoxy) is 1. The van der Waals surface area contributed by atoms with Crippen molar-refractivity contribution in [3.8, 4) is 0 Å². The molecule has 1 aliphatic carbocycles. The first-order valence-corrected chi connectivity index (χ1v) is 8.89. The van der Waals surface area contributed by atoms with Gasteiger partial charge in [-0.3, -0.25) is 9.59 Å². The molecule has 1 aliphatic rings. The van der Waals surface area contributed by atoms with E-state index in [0.29, 0.717) is 18.8 Å². The smallest absolute Gasteiger partial charge is 0.310 e. The van der Waals surface area contributed by atoms with Gasteiger partial charge in [-0.15, -0.1) is 0 Å². The summed E-state index contributed by atoms with van der Waals surface area (Å²) in [6, 6.07) is 0. The van der Waals surface area contributed by atoms with Crippen molar-refractivity contribution in [3.05, 3.63) is 0 Å². The first kappa shape index (κ1) is 19.0. The zero-order chi connectivity index (χ0) is 16.5. The molecule has 0 heterocycles. The highest BCUT2D eigenvalue weighted by Gasteiger charge is 2.37. The Hall–Kier alpha value is -1.06. The van der Waals surface area contributed by atoms with Crippen LogP contribution in [0, 0.1) is 17.8 Å². The third kappa shape index (κ3) is 6.37. The molecule has 0 aromatic heterocycles. The second-order valence-electron chi connectivity index (χ2n) is 6.98. The van der Waals surface area contributed by atoms with Crippen LogP contribution in [-0.4, -0.2) is 23.1 Å².